The van der Waals surface area contributed by atoms with Crippen LogP contribution in [-0.4, -0.2) is 0 Å². The van der Waals surface area contributed by atoms with E-state index in [1.165, 1.54) is 103 Å². The number of rotatable bonds is 6. The second-order valence-corrected chi connectivity index (χ2v) is 10.2. The number of hydrogen-bond acceptors (Lipinski definition) is 1. The van der Waals surface area contributed by atoms with Gasteiger partial charge < -0.3 is 0 Å². The minimum Gasteiger partial charge on any atom is -0.198 e. The van der Waals surface area contributed by atoms with Crippen LogP contribution < -0.4 is 0 Å². The van der Waals surface area contributed by atoms with Gasteiger partial charge in [0.05, 0.1) is 11.5 Å². The van der Waals surface area contributed by atoms with Crippen molar-refractivity contribution in [1.82, 2.24) is 0 Å². The van der Waals surface area contributed by atoms with Crippen LogP contribution >= 0.6 is 0 Å². The molecule has 0 radical (unpaired) electrons. The Kier molecular flexibility index (Phi) is 7.48. The Morgan fingerprint density at radius 2 is 1.35 bits per heavy atom. The topological polar surface area (TPSA) is 23.8 Å². The van der Waals surface area contributed by atoms with E-state index in [-0.39, 0.29) is 5.41 Å². The number of nitrogens with zero attached hydrogens (tertiary/aromatic N) is 1. The van der Waals surface area contributed by atoms with E-state index >= 15 is 0 Å². The standard InChI is InChI=1S/C25H43N/c1-3-5-6-21-15-17-25(19-26,18-16-21)24-13-11-23(12-14-24)22-9-7-20(4-2)8-10-22/h20-24H,3-18H2,1-2H3. The first-order valence-electron chi connectivity index (χ1n) is 12.1. The third-order valence-electron chi connectivity index (χ3n) is 8.87. The fourth-order valence-corrected chi connectivity index (χ4v) is 6.80. The summed E-state index contributed by atoms with van der Waals surface area (Å²) in [4.78, 5) is 0. The predicted molar refractivity (Wildman–Crippen MR) is 111 cm³/mol. The van der Waals surface area contributed by atoms with Crippen molar-refractivity contribution in [2.75, 3.05) is 0 Å². The molecular formula is C25H43N. The third-order valence-corrected chi connectivity index (χ3v) is 8.87. The molecule has 0 saturated heterocycles. The zero-order valence-corrected chi connectivity index (χ0v) is 17.6. The summed E-state index contributed by atoms with van der Waals surface area (Å²) in [5, 5.41) is 10.1. The summed E-state index contributed by atoms with van der Waals surface area (Å²) < 4.78 is 0. The van der Waals surface area contributed by atoms with Crippen molar-refractivity contribution in [3.63, 3.8) is 0 Å². The molecule has 3 rings (SSSR count). The highest BCUT2D eigenvalue weighted by atomic mass is 14.5. The summed E-state index contributed by atoms with van der Waals surface area (Å²) in [5.41, 5.74) is 0.0492. The van der Waals surface area contributed by atoms with Gasteiger partial charge in [-0.05, 0) is 93.8 Å². The molecule has 0 bridgehead atoms. The first kappa shape index (κ1) is 20.2. The van der Waals surface area contributed by atoms with Crippen molar-refractivity contribution in [2.45, 2.75) is 117 Å². The first-order chi connectivity index (χ1) is 12.7. The Morgan fingerprint density at radius 1 is 0.769 bits per heavy atom. The predicted octanol–water partition coefficient (Wildman–Crippen LogP) is 7.90. The number of unbranched alkanes of at least 4 members (excludes halogenated alkanes) is 1. The second-order valence-electron chi connectivity index (χ2n) is 10.2. The number of hydrogen-bond donors (Lipinski definition) is 0. The maximum absolute atomic E-state index is 10.1. The zero-order valence-electron chi connectivity index (χ0n) is 17.6. The van der Waals surface area contributed by atoms with Crippen molar-refractivity contribution in [3.05, 3.63) is 0 Å². The van der Waals surface area contributed by atoms with E-state index in [0.717, 1.165) is 23.7 Å². The van der Waals surface area contributed by atoms with Crippen LogP contribution in [0.4, 0.5) is 0 Å². The van der Waals surface area contributed by atoms with Crippen LogP contribution in [0.15, 0.2) is 0 Å². The molecule has 3 fully saturated rings. The molecule has 0 amide bonds. The summed E-state index contributed by atoms with van der Waals surface area (Å²) in [6.07, 6.45) is 22.1. The van der Waals surface area contributed by atoms with E-state index in [4.69, 9.17) is 0 Å². The second kappa shape index (κ2) is 9.61. The lowest BCUT2D eigenvalue weighted by Gasteiger charge is -2.45. The molecule has 3 saturated carbocycles. The van der Waals surface area contributed by atoms with Gasteiger partial charge in [-0.2, -0.15) is 5.26 Å². The monoisotopic (exact) mass is 357 g/mol. The summed E-state index contributed by atoms with van der Waals surface area (Å²) in [6.45, 7) is 4.67. The van der Waals surface area contributed by atoms with Gasteiger partial charge in [-0.3, -0.25) is 0 Å². The van der Waals surface area contributed by atoms with Gasteiger partial charge >= 0.3 is 0 Å². The molecule has 0 N–H and O–H groups in total. The molecule has 1 nitrogen and oxygen atoms in total. The summed E-state index contributed by atoms with van der Waals surface area (Å²) >= 11 is 0. The molecule has 3 aliphatic carbocycles. The maximum Gasteiger partial charge on any atom is 0.0692 e. The molecule has 0 aromatic rings. The smallest absolute Gasteiger partial charge is 0.0692 e. The highest BCUT2D eigenvalue weighted by molar-refractivity contribution is 5.06. The van der Waals surface area contributed by atoms with Gasteiger partial charge in [0.2, 0.25) is 0 Å². The molecule has 0 aliphatic heterocycles. The average molecular weight is 358 g/mol. The van der Waals surface area contributed by atoms with Crippen molar-refractivity contribution >= 4 is 0 Å². The minimum absolute atomic E-state index is 0.0492. The van der Waals surface area contributed by atoms with E-state index in [9.17, 15) is 5.26 Å². The highest BCUT2D eigenvalue weighted by Crippen LogP contribution is 2.52. The molecule has 1 heteroatoms. The molecule has 0 aromatic heterocycles. The van der Waals surface area contributed by atoms with Crippen LogP contribution in [0.1, 0.15) is 117 Å². The van der Waals surface area contributed by atoms with Gasteiger partial charge in [0.1, 0.15) is 0 Å². The van der Waals surface area contributed by atoms with E-state index in [1.54, 1.807) is 0 Å². The van der Waals surface area contributed by atoms with Crippen LogP contribution in [-0.2, 0) is 0 Å². The van der Waals surface area contributed by atoms with Crippen molar-refractivity contribution in [3.8, 4) is 6.07 Å². The molecule has 148 valence electrons. The normalized spacial score (nSPS) is 41.5. The Hall–Kier alpha value is -0.510. The fraction of sp³-hybridized carbons (Fsp3) is 0.960. The van der Waals surface area contributed by atoms with Crippen LogP contribution in [0.3, 0.4) is 0 Å². The highest BCUT2D eigenvalue weighted by Gasteiger charge is 2.44. The first-order valence-corrected chi connectivity index (χ1v) is 12.1. The van der Waals surface area contributed by atoms with Crippen LogP contribution in [0.2, 0.25) is 0 Å². The summed E-state index contributed by atoms with van der Waals surface area (Å²) in [7, 11) is 0. The van der Waals surface area contributed by atoms with E-state index < -0.39 is 0 Å². The molecule has 0 heterocycles. The van der Waals surface area contributed by atoms with Gasteiger partial charge in [-0.15, -0.1) is 0 Å². The zero-order chi connectivity index (χ0) is 18.4. The molecule has 26 heavy (non-hydrogen) atoms. The van der Waals surface area contributed by atoms with Gasteiger partial charge in [0.15, 0.2) is 0 Å². The molecule has 3 aliphatic rings. The van der Waals surface area contributed by atoms with Gasteiger partial charge in [-0.1, -0.05) is 52.4 Å². The molecule has 0 unspecified atom stereocenters. The third kappa shape index (κ3) is 4.66. The van der Waals surface area contributed by atoms with Crippen LogP contribution in [0.25, 0.3) is 0 Å². The van der Waals surface area contributed by atoms with E-state index in [0.29, 0.717) is 5.92 Å². The van der Waals surface area contributed by atoms with Crippen molar-refractivity contribution < 1.29 is 0 Å². The molecule has 0 atom stereocenters. The fourth-order valence-electron chi connectivity index (χ4n) is 6.80. The maximum atomic E-state index is 10.1. The Morgan fingerprint density at radius 3 is 1.85 bits per heavy atom. The summed E-state index contributed by atoms with van der Waals surface area (Å²) in [6, 6.07) is 2.87. The molecular weight excluding hydrogens is 314 g/mol. The van der Waals surface area contributed by atoms with Gasteiger partial charge in [0.25, 0.3) is 0 Å². The lowest BCUT2D eigenvalue weighted by atomic mass is 9.58. The van der Waals surface area contributed by atoms with Crippen LogP contribution in [0, 0.1) is 46.3 Å². The van der Waals surface area contributed by atoms with Crippen molar-refractivity contribution in [2.24, 2.45) is 35.0 Å². The van der Waals surface area contributed by atoms with E-state index in [2.05, 4.69) is 19.9 Å². The van der Waals surface area contributed by atoms with Gasteiger partial charge in [0, 0.05) is 0 Å². The largest absolute Gasteiger partial charge is 0.198 e. The minimum atomic E-state index is 0.0492. The SMILES string of the molecule is CCCCC1CCC(C#N)(C2CCC(C3CCC(CC)CC3)CC2)CC1. The Balaban J connectivity index is 1.47. The van der Waals surface area contributed by atoms with Gasteiger partial charge in [-0.25, -0.2) is 0 Å². The lowest BCUT2D eigenvalue weighted by Crippen LogP contribution is -2.37. The molecule has 0 aromatic carbocycles. The molecule has 0 spiro atoms. The van der Waals surface area contributed by atoms with Crippen molar-refractivity contribution in [1.29, 1.82) is 5.26 Å². The summed E-state index contributed by atoms with van der Waals surface area (Å²) in [5.74, 6) is 4.65. The Labute approximate surface area is 163 Å². The number of nitriles is 1. The van der Waals surface area contributed by atoms with Crippen LogP contribution in [0.5, 0.6) is 0 Å². The average Bonchev–Trinajstić information content (AvgIpc) is 2.73. The quantitative estimate of drug-likeness (QED) is 0.474. The Bertz CT molecular complexity index is 437. The van der Waals surface area contributed by atoms with E-state index in [1.807, 2.05) is 0 Å². The lowest BCUT2D eigenvalue weighted by molar-refractivity contribution is 0.0650.